The van der Waals surface area contributed by atoms with E-state index in [9.17, 15) is 9.90 Å². The van der Waals surface area contributed by atoms with Gasteiger partial charge in [-0.15, -0.1) is 0 Å². The number of carboxylic acids is 1. The Balaban J connectivity index is 2.64. The fourth-order valence-electron chi connectivity index (χ4n) is 2.09. The summed E-state index contributed by atoms with van der Waals surface area (Å²) < 4.78 is 0. The van der Waals surface area contributed by atoms with E-state index in [2.05, 4.69) is 24.1 Å². The quantitative estimate of drug-likeness (QED) is 0.705. The van der Waals surface area contributed by atoms with Gasteiger partial charge in [0.25, 0.3) is 0 Å². The SMILES string of the molecule is CCC(CC)C(O)CNc1ccc(C(=O)O)c(C)n1. The summed E-state index contributed by atoms with van der Waals surface area (Å²) >= 11 is 0. The minimum absolute atomic E-state index is 0.200. The van der Waals surface area contributed by atoms with Gasteiger partial charge in [0.1, 0.15) is 5.82 Å². The van der Waals surface area contributed by atoms with Crippen LogP contribution in [-0.2, 0) is 0 Å². The van der Waals surface area contributed by atoms with Crippen LogP contribution in [0.4, 0.5) is 5.82 Å². The van der Waals surface area contributed by atoms with Gasteiger partial charge in [-0.1, -0.05) is 26.7 Å². The number of nitrogens with one attached hydrogen (secondary N) is 1. The molecular formula is C14H22N2O3. The van der Waals surface area contributed by atoms with E-state index in [-0.39, 0.29) is 11.5 Å². The normalized spacial score (nSPS) is 12.5. The first kappa shape index (κ1) is 15.4. The largest absolute Gasteiger partial charge is 0.478 e. The molecule has 106 valence electrons. The second kappa shape index (κ2) is 7.09. The van der Waals surface area contributed by atoms with Crippen molar-refractivity contribution >= 4 is 11.8 Å². The Labute approximate surface area is 113 Å². The van der Waals surface area contributed by atoms with Gasteiger partial charge in [0.2, 0.25) is 0 Å². The number of hydrogen-bond acceptors (Lipinski definition) is 4. The average Bonchev–Trinajstić information content (AvgIpc) is 2.37. The lowest BCUT2D eigenvalue weighted by molar-refractivity contribution is 0.0695. The number of aryl methyl sites for hydroxylation is 1. The zero-order valence-electron chi connectivity index (χ0n) is 11.7. The summed E-state index contributed by atoms with van der Waals surface area (Å²) in [5.74, 6) is -0.118. The van der Waals surface area contributed by atoms with E-state index in [1.54, 1.807) is 13.0 Å². The molecule has 1 rings (SSSR count). The number of pyridine rings is 1. The number of aliphatic hydroxyl groups excluding tert-OH is 1. The number of aromatic carboxylic acids is 1. The number of aliphatic hydroxyl groups is 1. The summed E-state index contributed by atoms with van der Waals surface area (Å²) in [6, 6.07) is 3.15. The van der Waals surface area contributed by atoms with Gasteiger partial charge in [0.05, 0.1) is 17.4 Å². The smallest absolute Gasteiger partial charge is 0.337 e. The first-order valence-corrected chi connectivity index (χ1v) is 6.62. The Hall–Kier alpha value is -1.62. The molecular weight excluding hydrogens is 244 g/mol. The summed E-state index contributed by atoms with van der Waals surface area (Å²) in [6.45, 7) is 6.19. The zero-order valence-corrected chi connectivity index (χ0v) is 11.7. The second-order valence-corrected chi connectivity index (χ2v) is 4.66. The first-order valence-electron chi connectivity index (χ1n) is 6.62. The third-order valence-electron chi connectivity index (χ3n) is 3.40. The number of nitrogens with zero attached hydrogens (tertiary/aromatic N) is 1. The number of hydrogen-bond donors (Lipinski definition) is 3. The third kappa shape index (κ3) is 4.21. The molecule has 1 aromatic rings. The van der Waals surface area contributed by atoms with Gasteiger partial charge in [0, 0.05) is 6.54 Å². The Bertz CT molecular complexity index is 431. The van der Waals surface area contributed by atoms with Crippen LogP contribution >= 0.6 is 0 Å². The van der Waals surface area contributed by atoms with Crippen LogP contribution < -0.4 is 5.32 Å². The van der Waals surface area contributed by atoms with Crippen LogP contribution in [0.3, 0.4) is 0 Å². The van der Waals surface area contributed by atoms with Gasteiger partial charge in [-0.25, -0.2) is 9.78 Å². The number of carbonyl (C=O) groups is 1. The first-order chi connectivity index (χ1) is 8.99. The molecule has 0 spiro atoms. The number of carboxylic acid groups (broad SMARTS) is 1. The van der Waals surface area contributed by atoms with Gasteiger partial charge < -0.3 is 15.5 Å². The molecule has 0 radical (unpaired) electrons. The van der Waals surface area contributed by atoms with E-state index in [4.69, 9.17) is 5.11 Å². The van der Waals surface area contributed by atoms with Crippen molar-refractivity contribution in [3.05, 3.63) is 23.4 Å². The molecule has 1 aromatic heterocycles. The maximum atomic E-state index is 10.9. The summed E-state index contributed by atoms with van der Waals surface area (Å²) in [4.78, 5) is 15.0. The Morgan fingerprint density at radius 1 is 1.37 bits per heavy atom. The van der Waals surface area contributed by atoms with Crippen LogP contribution in [0, 0.1) is 12.8 Å². The van der Waals surface area contributed by atoms with Crippen molar-refractivity contribution in [2.45, 2.75) is 39.7 Å². The van der Waals surface area contributed by atoms with Crippen molar-refractivity contribution in [1.82, 2.24) is 4.98 Å². The highest BCUT2D eigenvalue weighted by Crippen LogP contribution is 2.15. The molecule has 1 atom stereocenters. The Kier molecular flexibility index (Phi) is 5.76. The van der Waals surface area contributed by atoms with Crippen molar-refractivity contribution in [2.24, 2.45) is 5.92 Å². The number of aromatic nitrogens is 1. The van der Waals surface area contributed by atoms with Gasteiger partial charge in [-0.2, -0.15) is 0 Å². The molecule has 0 saturated heterocycles. The molecule has 0 saturated carbocycles. The molecule has 0 aliphatic rings. The Morgan fingerprint density at radius 2 is 2.00 bits per heavy atom. The van der Waals surface area contributed by atoms with Crippen molar-refractivity contribution in [3.8, 4) is 0 Å². The summed E-state index contributed by atoms with van der Waals surface area (Å²) in [6.07, 6.45) is 1.45. The third-order valence-corrected chi connectivity index (χ3v) is 3.40. The van der Waals surface area contributed by atoms with E-state index in [1.165, 1.54) is 6.07 Å². The summed E-state index contributed by atoms with van der Waals surface area (Å²) in [7, 11) is 0. The second-order valence-electron chi connectivity index (χ2n) is 4.66. The van der Waals surface area contributed by atoms with Crippen molar-refractivity contribution in [3.63, 3.8) is 0 Å². The highest BCUT2D eigenvalue weighted by atomic mass is 16.4. The lowest BCUT2D eigenvalue weighted by Crippen LogP contribution is -2.28. The van der Waals surface area contributed by atoms with Crippen LogP contribution in [0.2, 0.25) is 0 Å². The van der Waals surface area contributed by atoms with Gasteiger partial charge in [-0.05, 0) is 25.0 Å². The molecule has 0 aliphatic heterocycles. The lowest BCUT2D eigenvalue weighted by Gasteiger charge is -2.20. The van der Waals surface area contributed by atoms with Crippen LogP contribution in [0.1, 0.15) is 42.7 Å². The van der Waals surface area contributed by atoms with E-state index in [0.29, 0.717) is 18.1 Å². The van der Waals surface area contributed by atoms with Crippen LogP contribution in [-0.4, -0.2) is 33.8 Å². The van der Waals surface area contributed by atoms with Crippen LogP contribution in [0.15, 0.2) is 12.1 Å². The fourth-order valence-corrected chi connectivity index (χ4v) is 2.09. The highest BCUT2D eigenvalue weighted by molar-refractivity contribution is 5.89. The summed E-state index contributed by atoms with van der Waals surface area (Å²) in [5, 5.41) is 22.0. The molecule has 1 unspecified atom stereocenters. The van der Waals surface area contributed by atoms with Gasteiger partial charge in [-0.3, -0.25) is 0 Å². The maximum absolute atomic E-state index is 10.9. The van der Waals surface area contributed by atoms with Crippen LogP contribution in [0.25, 0.3) is 0 Å². The van der Waals surface area contributed by atoms with Crippen molar-refractivity contribution < 1.29 is 15.0 Å². The van der Waals surface area contributed by atoms with E-state index in [1.807, 2.05) is 0 Å². The molecule has 19 heavy (non-hydrogen) atoms. The van der Waals surface area contributed by atoms with E-state index < -0.39 is 12.1 Å². The van der Waals surface area contributed by atoms with Gasteiger partial charge >= 0.3 is 5.97 Å². The molecule has 5 heteroatoms. The van der Waals surface area contributed by atoms with E-state index >= 15 is 0 Å². The monoisotopic (exact) mass is 266 g/mol. The molecule has 0 bridgehead atoms. The van der Waals surface area contributed by atoms with Crippen molar-refractivity contribution in [1.29, 1.82) is 0 Å². The predicted octanol–water partition coefficient (Wildman–Crippen LogP) is 2.30. The van der Waals surface area contributed by atoms with Crippen LogP contribution in [0.5, 0.6) is 0 Å². The molecule has 0 amide bonds. The van der Waals surface area contributed by atoms with Crippen molar-refractivity contribution in [2.75, 3.05) is 11.9 Å². The molecule has 0 aliphatic carbocycles. The zero-order chi connectivity index (χ0) is 14.4. The van der Waals surface area contributed by atoms with E-state index in [0.717, 1.165) is 12.8 Å². The molecule has 0 aromatic carbocycles. The molecule has 3 N–H and O–H groups in total. The Morgan fingerprint density at radius 3 is 2.47 bits per heavy atom. The highest BCUT2D eigenvalue weighted by Gasteiger charge is 2.15. The standard InChI is InChI=1S/C14H22N2O3/c1-4-10(5-2)12(17)8-15-13-7-6-11(14(18)19)9(3)16-13/h6-7,10,12,17H,4-5,8H2,1-3H3,(H,15,16)(H,18,19). The average molecular weight is 266 g/mol. The number of rotatable bonds is 7. The fraction of sp³-hybridized carbons (Fsp3) is 0.571. The minimum atomic E-state index is -0.978. The molecule has 5 nitrogen and oxygen atoms in total. The molecule has 0 fully saturated rings. The maximum Gasteiger partial charge on any atom is 0.337 e. The molecule has 1 heterocycles. The lowest BCUT2D eigenvalue weighted by atomic mass is 9.96. The minimum Gasteiger partial charge on any atom is -0.478 e. The van der Waals surface area contributed by atoms with Gasteiger partial charge in [0.15, 0.2) is 0 Å². The summed E-state index contributed by atoms with van der Waals surface area (Å²) in [5.41, 5.74) is 0.667. The number of anilines is 1. The predicted molar refractivity (Wildman–Crippen MR) is 74.5 cm³/mol. The topological polar surface area (TPSA) is 82.5 Å².